The molecule has 0 aliphatic rings. The zero-order valence-corrected chi connectivity index (χ0v) is 17.2. The standard InChI is InChI=1S/C21H25N5OS/c1-4-15-10-8-11-16(5-2)19(15)23-18(27)13-28-21-25-24-20(26(21)22)17-12-7-6-9-14(17)3/h6-12H,4-5,13,22H2,1-3H3,(H,23,27). The Morgan fingerprint density at radius 1 is 1.07 bits per heavy atom. The second kappa shape index (κ2) is 8.93. The van der Waals surface area contributed by atoms with E-state index < -0.39 is 0 Å². The smallest absolute Gasteiger partial charge is 0.234 e. The van der Waals surface area contributed by atoms with Crippen LogP contribution in [0.25, 0.3) is 11.4 Å². The number of thioether (sulfide) groups is 1. The van der Waals surface area contributed by atoms with E-state index in [0.29, 0.717) is 11.0 Å². The second-order valence-corrected chi connectivity index (χ2v) is 7.43. The van der Waals surface area contributed by atoms with E-state index in [1.54, 1.807) is 0 Å². The molecule has 0 spiro atoms. The third kappa shape index (κ3) is 4.20. The van der Waals surface area contributed by atoms with Crippen molar-refractivity contribution >= 4 is 23.4 Å². The van der Waals surface area contributed by atoms with Crippen LogP contribution in [0.15, 0.2) is 47.6 Å². The normalized spacial score (nSPS) is 10.8. The van der Waals surface area contributed by atoms with Crippen molar-refractivity contribution in [3.05, 3.63) is 59.2 Å². The molecule has 2 aromatic carbocycles. The Labute approximate surface area is 169 Å². The van der Waals surface area contributed by atoms with Crippen LogP contribution in [0, 0.1) is 6.92 Å². The summed E-state index contributed by atoms with van der Waals surface area (Å²) in [6, 6.07) is 14.0. The third-order valence-electron chi connectivity index (χ3n) is 4.65. The number of aromatic nitrogens is 3. The third-order valence-corrected chi connectivity index (χ3v) is 5.59. The number of nitrogens with zero attached hydrogens (tertiary/aromatic N) is 3. The number of nitrogen functional groups attached to an aromatic ring is 1. The number of anilines is 1. The minimum atomic E-state index is -0.0824. The number of amides is 1. The number of carbonyl (C=O) groups is 1. The summed E-state index contributed by atoms with van der Waals surface area (Å²) in [6.45, 7) is 6.17. The van der Waals surface area contributed by atoms with Crippen LogP contribution in [0.2, 0.25) is 0 Å². The molecule has 3 aromatic rings. The van der Waals surface area contributed by atoms with Crippen molar-refractivity contribution < 1.29 is 4.79 Å². The van der Waals surface area contributed by atoms with Gasteiger partial charge in [-0.05, 0) is 36.5 Å². The topological polar surface area (TPSA) is 85.8 Å². The molecule has 7 heteroatoms. The van der Waals surface area contributed by atoms with Gasteiger partial charge in [0.05, 0.1) is 5.75 Å². The van der Waals surface area contributed by atoms with Crippen LogP contribution in [0.5, 0.6) is 0 Å². The molecule has 0 unspecified atom stereocenters. The molecule has 6 nitrogen and oxygen atoms in total. The highest BCUT2D eigenvalue weighted by Crippen LogP contribution is 2.25. The molecule has 0 fully saturated rings. The van der Waals surface area contributed by atoms with E-state index in [1.165, 1.54) is 16.4 Å². The maximum absolute atomic E-state index is 12.5. The molecule has 0 radical (unpaired) electrons. The second-order valence-electron chi connectivity index (χ2n) is 6.49. The van der Waals surface area contributed by atoms with Crippen molar-refractivity contribution in [2.24, 2.45) is 0 Å². The first-order valence-corrected chi connectivity index (χ1v) is 10.3. The van der Waals surface area contributed by atoms with Crippen molar-refractivity contribution in [1.29, 1.82) is 0 Å². The van der Waals surface area contributed by atoms with Crippen LogP contribution in [-0.2, 0) is 17.6 Å². The Kier molecular flexibility index (Phi) is 6.36. The molecule has 0 bridgehead atoms. The summed E-state index contributed by atoms with van der Waals surface area (Å²) in [5.74, 6) is 6.89. The van der Waals surface area contributed by atoms with Gasteiger partial charge in [0.2, 0.25) is 11.1 Å². The molecule has 0 atom stereocenters. The number of benzene rings is 2. The molecule has 3 rings (SSSR count). The Hall–Kier alpha value is -2.80. The van der Waals surface area contributed by atoms with Crippen molar-refractivity contribution in [3.63, 3.8) is 0 Å². The fourth-order valence-electron chi connectivity index (χ4n) is 3.09. The van der Waals surface area contributed by atoms with E-state index in [0.717, 1.165) is 40.8 Å². The predicted octanol–water partition coefficient (Wildman–Crippen LogP) is 3.82. The highest BCUT2D eigenvalue weighted by molar-refractivity contribution is 7.99. The Morgan fingerprint density at radius 2 is 1.75 bits per heavy atom. The number of hydrogen-bond donors (Lipinski definition) is 2. The minimum absolute atomic E-state index is 0.0824. The molecule has 0 aliphatic carbocycles. The van der Waals surface area contributed by atoms with E-state index >= 15 is 0 Å². The summed E-state index contributed by atoms with van der Waals surface area (Å²) < 4.78 is 1.44. The zero-order chi connectivity index (χ0) is 20.1. The number of nitrogens with one attached hydrogen (secondary N) is 1. The summed E-state index contributed by atoms with van der Waals surface area (Å²) in [5.41, 5.74) is 5.20. The lowest BCUT2D eigenvalue weighted by molar-refractivity contribution is -0.113. The Morgan fingerprint density at radius 3 is 2.39 bits per heavy atom. The van der Waals surface area contributed by atoms with Crippen LogP contribution in [0.4, 0.5) is 5.69 Å². The number of aryl methyl sites for hydroxylation is 3. The molecule has 0 saturated carbocycles. The number of para-hydroxylation sites is 1. The first kappa shape index (κ1) is 19.9. The van der Waals surface area contributed by atoms with Crippen molar-refractivity contribution in [1.82, 2.24) is 14.9 Å². The van der Waals surface area contributed by atoms with Gasteiger partial charge in [0.25, 0.3) is 0 Å². The van der Waals surface area contributed by atoms with E-state index in [9.17, 15) is 4.79 Å². The number of rotatable bonds is 7. The quantitative estimate of drug-likeness (QED) is 0.469. The van der Waals surface area contributed by atoms with Gasteiger partial charge >= 0.3 is 0 Å². The maximum atomic E-state index is 12.5. The van der Waals surface area contributed by atoms with Gasteiger partial charge in [0.15, 0.2) is 5.82 Å². The Balaban J connectivity index is 1.71. The number of nitrogens with two attached hydrogens (primary N) is 1. The molecule has 1 amide bonds. The first-order valence-electron chi connectivity index (χ1n) is 9.35. The van der Waals surface area contributed by atoms with Crippen molar-refractivity contribution in [2.75, 3.05) is 16.9 Å². The van der Waals surface area contributed by atoms with Gasteiger partial charge in [0, 0.05) is 11.3 Å². The van der Waals surface area contributed by atoms with Gasteiger partial charge in [-0.3, -0.25) is 4.79 Å². The fraction of sp³-hybridized carbons (Fsp3) is 0.286. The lowest BCUT2D eigenvalue weighted by atomic mass is 10.0. The van der Waals surface area contributed by atoms with E-state index in [1.807, 2.05) is 49.4 Å². The zero-order valence-electron chi connectivity index (χ0n) is 16.4. The lowest BCUT2D eigenvalue weighted by Gasteiger charge is -2.14. The summed E-state index contributed by atoms with van der Waals surface area (Å²) in [7, 11) is 0. The van der Waals surface area contributed by atoms with Gasteiger partial charge in [-0.2, -0.15) is 0 Å². The molecular formula is C21H25N5OS. The maximum Gasteiger partial charge on any atom is 0.234 e. The van der Waals surface area contributed by atoms with Crippen LogP contribution < -0.4 is 11.2 Å². The van der Waals surface area contributed by atoms with Gasteiger partial charge in [0.1, 0.15) is 0 Å². The summed E-state index contributed by atoms with van der Waals surface area (Å²) in [6.07, 6.45) is 1.74. The molecule has 146 valence electrons. The average Bonchev–Trinajstić information content (AvgIpc) is 3.07. The van der Waals surface area contributed by atoms with Crippen LogP contribution in [-0.4, -0.2) is 26.5 Å². The van der Waals surface area contributed by atoms with Gasteiger partial charge < -0.3 is 11.2 Å². The van der Waals surface area contributed by atoms with Crippen LogP contribution in [0.1, 0.15) is 30.5 Å². The molecule has 1 heterocycles. The highest BCUT2D eigenvalue weighted by Gasteiger charge is 2.16. The van der Waals surface area contributed by atoms with Crippen LogP contribution in [0.3, 0.4) is 0 Å². The molecule has 3 N–H and O–H groups in total. The number of hydrogen-bond acceptors (Lipinski definition) is 5. The van der Waals surface area contributed by atoms with E-state index in [4.69, 9.17) is 5.84 Å². The van der Waals surface area contributed by atoms with E-state index in [-0.39, 0.29) is 11.7 Å². The molecular weight excluding hydrogens is 370 g/mol. The predicted molar refractivity (Wildman–Crippen MR) is 115 cm³/mol. The van der Waals surface area contributed by atoms with Crippen molar-refractivity contribution in [2.45, 2.75) is 38.8 Å². The fourth-order valence-corrected chi connectivity index (χ4v) is 3.75. The van der Waals surface area contributed by atoms with E-state index in [2.05, 4.69) is 29.4 Å². The Bertz CT molecular complexity index is 960. The molecule has 0 aliphatic heterocycles. The van der Waals surface area contributed by atoms with Crippen LogP contribution >= 0.6 is 11.8 Å². The first-order chi connectivity index (χ1) is 13.5. The number of carbonyl (C=O) groups excluding carboxylic acids is 1. The average molecular weight is 396 g/mol. The van der Waals surface area contributed by atoms with Gasteiger partial charge in [-0.25, -0.2) is 4.68 Å². The summed E-state index contributed by atoms with van der Waals surface area (Å²) in [5, 5.41) is 11.9. The van der Waals surface area contributed by atoms with Crippen molar-refractivity contribution in [3.8, 4) is 11.4 Å². The summed E-state index contributed by atoms with van der Waals surface area (Å²) >= 11 is 1.27. The molecule has 1 aromatic heterocycles. The lowest BCUT2D eigenvalue weighted by Crippen LogP contribution is -2.18. The molecule has 0 saturated heterocycles. The largest absolute Gasteiger partial charge is 0.335 e. The monoisotopic (exact) mass is 395 g/mol. The SMILES string of the molecule is CCc1cccc(CC)c1NC(=O)CSc1nnc(-c2ccccc2C)n1N. The van der Waals surface area contributed by atoms with Gasteiger partial charge in [-0.1, -0.05) is 68.1 Å². The minimum Gasteiger partial charge on any atom is -0.335 e. The highest BCUT2D eigenvalue weighted by atomic mass is 32.2. The van der Waals surface area contributed by atoms with Gasteiger partial charge in [-0.15, -0.1) is 10.2 Å². The molecule has 28 heavy (non-hydrogen) atoms. The summed E-state index contributed by atoms with van der Waals surface area (Å²) in [4.78, 5) is 12.5.